The van der Waals surface area contributed by atoms with Crippen molar-refractivity contribution in [2.75, 3.05) is 31.8 Å². The summed E-state index contributed by atoms with van der Waals surface area (Å²) in [5.74, 6) is 1.43. The van der Waals surface area contributed by atoms with E-state index in [0.717, 1.165) is 24.1 Å². The fourth-order valence-electron chi connectivity index (χ4n) is 1.85. The molecule has 0 bridgehead atoms. The Labute approximate surface area is 118 Å². The number of nitrogens with zero attached hydrogens (tertiary/aromatic N) is 2. The largest absolute Gasteiger partial charge is 0.481 e. The van der Waals surface area contributed by atoms with Crippen molar-refractivity contribution in [2.45, 2.75) is 24.0 Å². The maximum absolute atomic E-state index is 5.15. The smallest absolute Gasteiger partial charge is 0.219 e. The lowest BCUT2D eigenvalue weighted by Crippen LogP contribution is -2.29. The Morgan fingerprint density at radius 3 is 3.00 bits per heavy atom. The first-order valence-corrected chi connectivity index (χ1v) is 6.98. The highest BCUT2D eigenvalue weighted by Gasteiger charge is 2.14. The Hall–Kier alpha value is -0.720. The number of hydrogen-bond donors (Lipinski definition) is 2. The zero-order chi connectivity index (χ0) is 12.1. The van der Waals surface area contributed by atoms with Crippen LogP contribution in [-0.4, -0.2) is 42.5 Å². The molecule has 5 nitrogen and oxygen atoms in total. The van der Waals surface area contributed by atoms with Gasteiger partial charge in [0.2, 0.25) is 5.88 Å². The van der Waals surface area contributed by atoms with Gasteiger partial charge in [0.15, 0.2) is 5.16 Å². The second-order valence-corrected chi connectivity index (χ2v) is 4.73. The number of nitrogens with one attached hydrogen (secondary N) is 2. The zero-order valence-corrected chi connectivity index (χ0v) is 12.2. The molecule has 2 heterocycles. The average Bonchev–Trinajstić information content (AvgIpc) is 2.89. The molecule has 2 N–H and O–H groups in total. The molecule has 0 aromatic carbocycles. The van der Waals surface area contributed by atoms with Gasteiger partial charge in [-0.25, -0.2) is 4.98 Å². The van der Waals surface area contributed by atoms with Crippen LogP contribution in [0.3, 0.4) is 0 Å². The summed E-state index contributed by atoms with van der Waals surface area (Å²) in [7, 11) is 1.62. The monoisotopic (exact) mass is 290 g/mol. The minimum Gasteiger partial charge on any atom is -0.481 e. The van der Waals surface area contributed by atoms with Crippen molar-refractivity contribution in [1.29, 1.82) is 0 Å². The Morgan fingerprint density at radius 2 is 2.39 bits per heavy atom. The number of thioether (sulfide) groups is 1. The third-order valence-corrected chi connectivity index (χ3v) is 3.31. The summed E-state index contributed by atoms with van der Waals surface area (Å²) in [6, 6.07) is 2.38. The average molecular weight is 291 g/mol. The Balaban J connectivity index is 0.00000162. The molecule has 1 aromatic heterocycles. The molecule has 1 saturated heterocycles. The van der Waals surface area contributed by atoms with Gasteiger partial charge in [0, 0.05) is 18.7 Å². The second kappa shape index (κ2) is 7.66. The Morgan fingerprint density at radius 1 is 1.56 bits per heavy atom. The lowest BCUT2D eigenvalue weighted by atomic mass is 10.2. The predicted octanol–water partition coefficient (Wildman–Crippen LogP) is 1.79. The van der Waals surface area contributed by atoms with Crippen LogP contribution in [0.4, 0.5) is 5.82 Å². The molecule has 1 atom stereocenters. The lowest BCUT2D eigenvalue weighted by Gasteiger charge is -2.12. The highest BCUT2D eigenvalue weighted by atomic mass is 35.5. The van der Waals surface area contributed by atoms with Gasteiger partial charge in [0.1, 0.15) is 5.82 Å². The highest BCUT2D eigenvalue weighted by Crippen LogP contribution is 2.18. The van der Waals surface area contributed by atoms with E-state index >= 15 is 0 Å². The summed E-state index contributed by atoms with van der Waals surface area (Å²) in [6.07, 6.45) is 4.44. The van der Waals surface area contributed by atoms with E-state index in [9.17, 15) is 0 Å². The number of hydrogen-bond acceptors (Lipinski definition) is 6. The van der Waals surface area contributed by atoms with E-state index in [1.807, 2.05) is 12.3 Å². The van der Waals surface area contributed by atoms with E-state index in [4.69, 9.17) is 4.74 Å². The molecule has 102 valence electrons. The van der Waals surface area contributed by atoms with Crippen molar-refractivity contribution in [3.63, 3.8) is 0 Å². The summed E-state index contributed by atoms with van der Waals surface area (Å²) >= 11 is 1.51. The van der Waals surface area contributed by atoms with Crippen LogP contribution < -0.4 is 15.4 Å². The number of anilines is 1. The van der Waals surface area contributed by atoms with Gasteiger partial charge in [-0.15, -0.1) is 12.4 Å². The van der Waals surface area contributed by atoms with E-state index in [1.165, 1.54) is 24.6 Å². The maximum atomic E-state index is 5.15. The molecule has 1 unspecified atom stereocenters. The van der Waals surface area contributed by atoms with Gasteiger partial charge in [-0.1, -0.05) is 11.8 Å². The molecule has 0 radical (unpaired) electrons. The van der Waals surface area contributed by atoms with Crippen molar-refractivity contribution in [3.8, 4) is 5.88 Å². The minimum absolute atomic E-state index is 0. The van der Waals surface area contributed by atoms with Crippen LogP contribution in [0.5, 0.6) is 5.88 Å². The van der Waals surface area contributed by atoms with Gasteiger partial charge in [0.05, 0.1) is 7.11 Å². The molecule has 0 saturated carbocycles. The van der Waals surface area contributed by atoms with Gasteiger partial charge in [-0.3, -0.25) is 0 Å². The summed E-state index contributed by atoms with van der Waals surface area (Å²) in [6.45, 7) is 2.02. The van der Waals surface area contributed by atoms with E-state index in [-0.39, 0.29) is 12.4 Å². The first-order chi connectivity index (χ1) is 8.31. The van der Waals surface area contributed by atoms with Gasteiger partial charge in [-0.05, 0) is 25.6 Å². The number of halogens is 1. The van der Waals surface area contributed by atoms with Crippen LogP contribution >= 0.6 is 24.2 Å². The highest BCUT2D eigenvalue weighted by molar-refractivity contribution is 7.98. The molecule has 0 aliphatic carbocycles. The van der Waals surface area contributed by atoms with Crippen molar-refractivity contribution in [2.24, 2.45) is 0 Å². The fraction of sp³-hybridized carbons (Fsp3) is 0.636. The molecule has 0 amide bonds. The quantitative estimate of drug-likeness (QED) is 0.637. The number of aromatic nitrogens is 2. The molecule has 1 aromatic rings. The van der Waals surface area contributed by atoms with Gasteiger partial charge in [0.25, 0.3) is 0 Å². The van der Waals surface area contributed by atoms with Crippen molar-refractivity contribution in [3.05, 3.63) is 6.07 Å². The third-order valence-electron chi connectivity index (χ3n) is 2.77. The SMILES string of the molecule is COc1cc(NCC2CCCN2)nc(SC)n1.Cl. The second-order valence-electron chi connectivity index (χ2n) is 3.96. The van der Waals surface area contributed by atoms with Crippen LogP contribution in [-0.2, 0) is 0 Å². The summed E-state index contributed by atoms with van der Waals surface area (Å²) < 4.78 is 5.15. The van der Waals surface area contributed by atoms with Crippen molar-refractivity contribution in [1.82, 2.24) is 15.3 Å². The van der Waals surface area contributed by atoms with Gasteiger partial charge >= 0.3 is 0 Å². The standard InChI is InChI=1S/C11H18N4OS.ClH/c1-16-10-6-9(14-11(15-10)17-2)13-7-8-4-3-5-12-8;/h6,8,12H,3-5,7H2,1-2H3,(H,13,14,15);1H. The minimum atomic E-state index is 0. The first-order valence-electron chi connectivity index (χ1n) is 5.76. The maximum Gasteiger partial charge on any atom is 0.219 e. The molecular formula is C11H19ClN4OS. The van der Waals surface area contributed by atoms with Crippen molar-refractivity contribution >= 4 is 30.0 Å². The van der Waals surface area contributed by atoms with Gasteiger partial charge in [-0.2, -0.15) is 4.98 Å². The van der Waals surface area contributed by atoms with E-state index in [1.54, 1.807) is 7.11 Å². The molecular weight excluding hydrogens is 272 g/mol. The van der Waals surface area contributed by atoms with Crippen molar-refractivity contribution < 1.29 is 4.74 Å². The van der Waals surface area contributed by atoms with E-state index in [2.05, 4.69) is 20.6 Å². The van der Waals surface area contributed by atoms with Crippen LogP contribution in [0.25, 0.3) is 0 Å². The normalized spacial score (nSPS) is 18.2. The third kappa shape index (κ3) is 4.19. The number of ether oxygens (including phenoxy) is 1. The molecule has 1 aliphatic heterocycles. The molecule has 1 fully saturated rings. The molecule has 1 aliphatic rings. The Bertz CT molecular complexity index is 352. The fourth-order valence-corrected chi connectivity index (χ4v) is 2.22. The van der Waals surface area contributed by atoms with Crippen LogP contribution in [0, 0.1) is 0 Å². The Kier molecular flexibility index (Phi) is 6.52. The van der Waals surface area contributed by atoms with E-state index in [0.29, 0.717) is 11.9 Å². The number of methoxy groups -OCH3 is 1. The summed E-state index contributed by atoms with van der Waals surface area (Å²) in [4.78, 5) is 8.62. The lowest BCUT2D eigenvalue weighted by molar-refractivity contribution is 0.392. The predicted molar refractivity (Wildman–Crippen MR) is 77.1 cm³/mol. The first kappa shape index (κ1) is 15.3. The molecule has 2 rings (SSSR count). The number of rotatable bonds is 5. The van der Waals surface area contributed by atoms with Gasteiger partial charge < -0.3 is 15.4 Å². The van der Waals surface area contributed by atoms with Crippen LogP contribution in [0.1, 0.15) is 12.8 Å². The van der Waals surface area contributed by atoms with E-state index < -0.39 is 0 Å². The molecule has 7 heteroatoms. The van der Waals surface area contributed by atoms with Crippen LogP contribution in [0.2, 0.25) is 0 Å². The van der Waals surface area contributed by atoms with Crippen LogP contribution in [0.15, 0.2) is 11.2 Å². The molecule has 18 heavy (non-hydrogen) atoms. The summed E-state index contributed by atoms with van der Waals surface area (Å²) in [5.41, 5.74) is 0. The molecule has 0 spiro atoms. The topological polar surface area (TPSA) is 59.1 Å². The summed E-state index contributed by atoms with van der Waals surface area (Å²) in [5, 5.41) is 7.50. The zero-order valence-electron chi connectivity index (χ0n) is 10.6.